The Hall–Kier alpha value is -2.38. The maximum atomic E-state index is 10.9. The van der Waals surface area contributed by atoms with Crippen molar-refractivity contribution in [1.82, 2.24) is 9.88 Å². The maximum absolute atomic E-state index is 10.9. The lowest BCUT2D eigenvalue weighted by molar-refractivity contribution is -0.385. The molecule has 0 radical (unpaired) electrons. The predicted molar refractivity (Wildman–Crippen MR) is 67.3 cm³/mol. The van der Waals surface area contributed by atoms with E-state index in [0.29, 0.717) is 38.4 Å². The van der Waals surface area contributed by atoms with Gasteiger partial charge in [0.15, 0.2) is 0 Å². The highest BCUT2D eigenvalue weighted by molar-refractivity contribution is 5.65. The fourth-order valence-electron chi connectivity index (χ4n) is 2.01. The van der Waals surface area contributed by atoms with Crippen LogP contribution in [0.1, 0.15) is 6.42 Å². The molecule has 102 valence electrons. The average molecular weight is 266 g/mol. The number of nitrogens with zero attached hydrogens (tertiary/aromatic N) is 4. The lowest BCUT2D eigenvalue weighted by Crippen LogP contribution is -2.34. The third kappa shape index (κ3) is 3.09. The smallest absolute Gasteiger partial charge is 0.407 e. The van der Waals surface area contributed by atoms with Gasteiger partial charge >= 0.3 is 6.09 Å². The first-order valence-corrected chi connectivity index (χ1v) is 5.91. The largest absolute Gasteiger partial charge is 0.465 e. The van der Waals surface area contributed by atoms with E-state index in [0.717, 1.165) is 0 Å². The third-order valence-electron chi connectivity index (χ3n) is 3.03. The van der Waals surface area contributed by atoms with Crippen LogP contribution in [0.2, 0.25) is 0 Å². The van der Waals surface area contributed by atoms with Crippen LogP contribution in [0.3, 0.4) is 0 Å². The number of aromatic nitrogens is 1. The monoisotopic (exact) mass is 266 g/mol. The SMILES string of the molecule is O=C(O)N1CCCN(c2ccc([N+](=O)[O-])cn2)CC1. The van der Waals surface area contributed by atoms with Gasteiger partial charge in [0.05, 0.1) is 4.92 Å². The Morgan fingerprint density at radius 1 is 1.32 bits per heavy atom. The van der Waals surface area contributed by atoms with Crippen molar-refractivity contribution in [2.75, 3.05) is 31.1 Å². The number of hydrogen-bond acceptors (Lipinski definition) is 5. The van der Waals surface area contributed by atoms with Crippen LogP contribution in [0.4, 0.5) is 16.3 Å². The molecule has 8 heteroatoms. The normalized spacial score (nSPS) is 16.0. The Morgan fingerprint density at radius 2 is 2.11 bits per heavy atom. The Labute approximate surface area is 109 Å². The van der Waals surface area contributed by atoms with Gasteiger partial charge in [-0.1, -0.05) is 0 Å². The zero-order valence-electron chi connectivity index (χ0n) is 10.2. The topological polar surface area (TPSA) is 99.8 Å². The average Bonchev–Trinajstić information content (AvgIpc) is 2.64. The number of pyridine rings is 1. The van der Waals surface area contributed by atoms with Crippen LogP contribution in [-0.2, 0) is 0 Å². The van der Waals surface area contributed by atoms with E-state index in [1.54, 1.807) is 6.07 Å². The van der Waals surface area contributed by atoms with Crippen molar-refractivity contribution in [2.45, 2.75) is 6.42 Å². The summed E-state index contributed by atoms with van der Waals surface area (Å²) in [6.45, 7) is 2.14. The molecule has 0 aromatic carbocycles. The standard InChI is InChI=1S/C11H14N4O4/c16-11(17)14-5-1-4-13(6-7-14)10-3-2-9(8-12-10)15(18)19/h2-3,8H,1,4-7H2,(H,16,17). The van der Waals surface area contributed by atoms with Gasteiger partial charge in [-0.2, -0.15) is 0 Å². The molecule has 0 unspecified atom stereocenters. The molecule has 0 bridgehead atoms. The molecule has 0 spiro atoms. The van der Waals surface area contributed by atoms with Gasteiger partial charge in [0.2, 0.25) is 0 Å². The van der Waals surface area contributed by atoms with E-state index in [1.807, 2.05) is 4.90 Å². The van der Waals surface area contributed by atoms with E-state index in [-0.39, 0.29) is 5.69 Å². The minimum absolute atomic E-state index is 0.0502. The third-order valence-corrected chi connectivity index (χ3v) is 3.03. The minimum atomic E-state index is -0.918. The summed E-state index contributed by atoms with van der Waals surface area (Å²) in [5.41, 5.74) is -0.0502. The molecule has 1 aromatic heterocycles. The zero-order valence-corrected chi connectivity index (χ0v) is 10.2. The fourth-order valence-corrected chi connectivity index (χ4v) is 2.01. The van der Waals surface area contributed by atoms with Crippen LogP contribution in [-0.4, -0.2) is 52.2 Å². The van der Waals surface area contributed by atoms with Gasteiger partial charge in [0.1, 0.15) is 12.0 Å². The van der Waals surface area contributed by atoms with Crippen molar-refractivity contribution < 1.29 is 14.8 Å². The summed E-state index contributed by atoms with van der Waals surface area (Å²) in [5.74, 6) is 0.637. The molecule has 1 saturated heterocycles. The Morgan fingerprint density at radius 3 is 2.68 bits per heavy atom. The summed E-state index contributed by atoms with van der Waals surface area (Å²) in [4.78, 5) is 28.3. The van der Waals surface area contributed by atoms with E-state index in [2.05, 4.69) is 4.98 Å². The Balaban J connectivity index is 2.05. The van der Waals surface area contributed by atoms with Crippen molar-refractivity contribution in [3.63, 3.8) is 0 Å². The fraction of sp³-hybridized carbons (Fsp3) is 0.455. The molecule has 2 heterocycles. The van der Waals surface area contributed by atoms with Gasteiger partial charge < -0.3 is 14.9 Å². The second-order valence-electron chi connectivity index (χ2n) is 4.24. The Bertz CT molecular complexity index is 476. The number of anilines is 1. The van der Waals surface area contributed by atoms with Crippen LogP contribution in [0, 0.1) is 10.1 Å². The number of carbonyl (C=O) groups is 1. The molecule has 2 rings (SSSR count). The molecular formula is C11H14N4O4. The van der Waals surface area contributed by atoms with Gasteiger partial charge in [-0.25, -0.2) is 9.78 Å². The maximum Gasteiger partial charge on any atom is 0.407 e. The zero-order chi connectivity index (χ0) is 13.8. The summed E-state index contributed by atoms with van der Waals surface area (Å²) in [7, 11) is 0. The molecule has 1 amide bonds. The molecule has 1 N–H and O–H groups in total. The number of hydrogen-bond donors (Lipinski definition) is 1. The summed E-state index contributed by atoms with van der Waals surface area (Å²) in [6.07, 6.45) is 1.01. The van der Waals surface area contributed by atoms with Crippen molar-refractivity contribution in [1.29, 1.82) is 0 Å². The van der Waals surface area contributed by atoms with Crippen molar-refractivity contribution in [3.05, 3.63) is 28.4 Å². The first-order valence-electron chi connectivity index (χ1n) is 5.91. The first kappa shape index (κ1) is 13.1. The lowest BCUT2D eigenvalue weighted by atomic mass is 10.3. The van der Waals surface area contributed by atoms with Crippen LogP contribution >= 0.6 is 0 Å². The molecule has 8 nitrogen and oxygen atoms in total. The molecule has 19 heavy (non-hydrogen) atoms. The molecule has 0 atom stereocenters. The summed E-state index contributed by atoms with van der Waals surface area (Å²) >= 11 is 0. The van der Waals surface area contributed by atoms with E-state index >= 15 is 0 Å². The van der Waals surface area contributed by atoms with Crippen LogP contribution in [0.25, 0.3) is 0 Å². The van der Waals surface area contributed by atoms with Gasteiger partial charge in [0.25, 0.3) is 5.69 Å². The minimum Gasteiger partial charge on any atom is -0.465 e. The quantitative estimate of drug-likeness (QED) is 0.637. The van der Waals surface area contributed by atoms with Gasteiger partial charge in [-0.3, -0.25) is 10.1 Å². The molecule has 1 aliphatic heterocycles. The van der Waals surface area contributed by atoms with Gasteiger partial charge in [0, 0.05) is 32.2 Å². The van der Waals surface area contributed by atoms with Gasteiger partial charge in [-0.05, 0) is 12.5 Å². The number of rotatable bonds is 2. The second kappa shape index (κ2) is 5.51. The van der Waals surface area contributed by atoms with Gasteiger partial charge in [-0.15, -0.1) is 0 Å². The molecule has 0 saturated carbocycles. The van der Waals surface area contributed by atoms with E-state index in [4.69, 9.17) is 5.11 Å². The van der Waals surface area contributed by atoms with E-state index in [1.165, 1.54) is 17.2 Å². The molecule has 1 aliphatic rings. The number of nitro groups is 1. The second-order valence-corrected chi connectivity index (χ2v) is 4.24. The van der Waals surface area contributed by atoms with E-state index < -0.39 is 11.0 Å². The lowest BCUT2D eigenvalue weighted by Gasteiger charge is -2.21. The summed E-state index contributed by atoms with van der Waals surface area (Å²) in [5, 5.41) is 19.5. The number of carboxylic acid groups (broad SMARTS) is 1. The highest BCUT2D eigenvalue weighted by Crippen LogP contribution is 2.17. The van der Waals surface area contributed by atoms with Crippen LogP contribution in [0.15, 0.2) is 18.3 Å². The summed E-state index contributed by atoms with van der Waals surface area (Å²) in [6, 6.07) is 3.00. The highest BCUT2D eigenvalue weighted by atomic mass is 16.6. The Kier molecular flexibility index (Phi) is 3.79. The van der Waals surface area contributed by atoms with Crippen molar-refractivity contribution in [3.8, 4) is 0 Å². The number of amides is 1. The summed E-state index contributed by atoms with van der Waals surface area (Å²) < 4.78 is 0. The first-order chi connectivity index (χ1) is 9.08. The van der Waals surface area contributed by atoms with Crippen molar-refractivity contribution in [2.24, 2.45) is 0 Å². The molecule has 0 aliphatic carbocycles. The van der Waals surface area contributed by atoms with Crippen molar-refractivity contribution >= 4 is 17.6 Å². The molecule has 1 aromatic rings. The predicted octanol–water partition coefficient (Wildman–Crippen LogP) is 1.18. The highest BCUT2D eigenvalue weighted by Gasteiger charge is 2.19. The molecular weight excluding hydrogens is 252 g/mol. The van der Waals surface area contributed by atoms with E-state index in [9.17, 15) is 14.9 Å². The van der Waals surface area contributed by atoms with Crippen LogP contribution < -0.4 is 4.90 Å². The molecule has 1 fully saturated rings. The van der Waals surface area contributed by atoms with Crippen LogP contribution in [0.5, 0.6) is 0 Å².